The van der Waals surface area contributed by atoms with Crippen LogP contribution in [0.5, 0.6) is 0 Å². The first kappa shape index (κ1) is 18.2. The number of hydrogen-bond acceptors (Lipinski definition) is 5. The monoisotopic (exact) mass is 396 g/mol. The smallest absolute Gasteiger partial charge is 0.274 e. The fourth-order valence-corrected chi connectivity index (χ4v) is 4.00. The van der Waals surface area contributed by atoms with Gasteiger partial charge in [0.25, 0.3) is 5.91 Å². The Morgan fingerprint density at radius 2 is 1.67 bits per heavy atom. The number of carbonyl (C=O) groups excluding carboxylic acids is 1. The summed E-state index contributed by atoms with van der Waals surface area (Å²) in [6.07, 6.45) is 5.23. The summed E-state index contributed by atoms with van der Waals surface area (Å²) in [6, 6.07) is 20.5. The maximum Gasteiger partial charge on any atom is 0.274 e. The first-order valence-electron chi connectivity index (χ1n) is 9.94. The van der Waals surface area contributed by atoms with Gasteiger partial charge in [-0.25, -0.2) is 4.98 Å². The maximum atomic E-state index is 12.9. The molecule has 1 aliphatic rings. The fourth-order valence-electron chi connectivity index (χ4n) is 4.00. The van der Waals surface area contributed by atoms with Crippen molar-refractivity contribution in [3.63, 3.8) is 0 Å². The minimum atomic E-state index is -0.128. The van der Waals surface area contributed by atoms with Crippen LogP contribution in [0.1, 0.15) is 44.6 Å². The molecule has 30 heavy (non-hydrogen) atoms. The van der Waals surface area contributed by atoms with Crippen LogP contribution in [0.25, 0.3) is 0 Å². The van der Waals surface area contributed by atoms with Crippen LogP contribution < -0.4 is 0 Å². The van der Waals surface area contributed by atoms with E-state index in [0.717, 1.165) is 28.1 Å². The second-order valence-electron chi connectivity index (χ2n) is 7.29. The van der Waals surface area contributed by atoms with Crippen molar-refractivity contribution in [3.8, 4) is 0 Å². The summed E-state index contributed by atoms with van der Waals surface area (Å²) in [4.78, 5) is 22.9. The summed E-state index contributed by atoms with van der Waals surface area (Å²) in [7, 11) is 0. The second-order valence-corrected chi connectivity index (χ2v) is 7.29. The summed E-state index contributed by atoms with van der Waals surface area (Å²) in [5.41, 5.74) is 4.46. The van der Waals surface area contributed by atoms with Gasteiger partial charge in [0, 0.05) is 30.9 Å². The number of rotatable bonds is 4. The van der Waals surface area contributed by atoms with Gasteiger partial charge in [0.15, 0.2) is 0 Å². The maximum absolute atomic E-state index is 12.9. The van der Waals surface area contributed by atoms with Crippen LogP contribution in [0.2, 0.25) is 0 Å². The third-order valence-corrected chi connectivity index (χ3v) is 5.47. The van der Waals surface area contributed by atoms with Crippen molar-refractivity contribution < 1.29 is 9.32 Å². The lowest BCUT2D eigenvalue weighted by atomic mass is 9.85. The van der Waals surface area contributed by atoms with Gasteiger partial charge in [0.05, 0.1) is 18.7 Å². The Balaban J connectivity index is 1.53. The minimum Gasteiger partial charge on any atom is -0.361 e. The SMILES string of the molecule is O=C(c1cnccn1)N1CCc2onc(C(c3ccccc3)c3ccccc3)c2C1. The Morgan fingerprint density at radius 3 is 2.30 bits per heavy atom. The normalized spacial score (nSPS) is 13.3. The van der Waals surface area contributed by atoms with Gasteiger partial charge in [0.1, 0.15) is 17.1 Å². The molecule has 1 amide bonds. The summed E-state index contributed by atoms with van der Waals surface area (Å²) in [6.45, 7) is 1.01. The average molecular weight is 396 g/mol. The highest BCUT2D eigenvalue weighted by atomic mass is 16.5. The van der Waals surface area contributed by atoms with Crippen molar-refractivity contribution >= 4 is 5.91 Å². The number of aromatic nitrogens is 3. The highest BCUT2D eigenvalue weighted by Crippen LogP contribution is 2.36. The van der Waals surface area contributed by atoms with Gasteiger partial charge in [-0.3, -0.25) is 9.78 Å². The first-order valence-corrected chi connectivity index (χ1v) is 9.94. The lowest BCUT2D eigenvalue weighted by Gasteiger charge is -2.27. The zero-order chi connectivity index (χ0) is 20.3. The number of nitrogens with zero attached hydrogens (tertiary/aromatic N) is 4. The lowest BCUT2D eigenvalue weighted by molar-refractivity contribution is 0.0722. The molecule has 0 aliphatic carbocycles. The average Bonchev–Trinajstić information content (AvgIpc) is 3.24. The van der Waals surface area contributed by atoms with E-state index in [2.05, 4.69) is 39.4 Å². The van der Waals surface area contributed by atoms with Gasteiger partial charge < -0.3 is 9.42 Å². The number of hydrogen-bond donors (Lipinski definition) is 0. The molecule has 0 fully saturated rings. The van der Waals surface area contributed by atoms with Crippen molar-refractivity contribution in [2.45, 2.75) is 18.9 Å². The van der Waals surface area contributed by atoms with Crippen LogP contribution in [0.4, 0.5) is 0 Å². The molecule has 0 N–H and O–H groups in total. The van der Waals surface area contributed by atoms with Crippen molar-refractivity contribution in [2.75, 3.05) is 6.54 Å². The van der Waals surface area contributed by atoms with Gasteiger partial charge in [-0.15, -0.1) is 0 Å². The molecule has 0 bridgehead atoms. The predicted octanol–water partition coefficient (Wildman–Crippen LogP) is 3.84. The molecule has 3 heterocycles. The molecule has 5 rings (SSSR count). The molecule has 2 aromatic carbocycles. The van der Waals surface area contributed by atoms with E-state index in [1.54, 1.807) is 11.1 Å². The van der Waals surface area contributed by atoms with Gasteiger partial charge in [0.2, 0.25) is 0 Å². The van der Waals surface area contributed by atoms with Crippen molar-refractivity contribution in [2.24, 2.45) is 0 Å². The fraction of sp³-hybridized carbons (Fsp3) is 0.167. The Morgan fingerprint density at radius 1 is 0.967 bits per heavy atom. The van der Waals surface area contributed by atoms with Crippen molar-refractivity contribution in [3.05, 3.63) is 113 Å². The molecule has 0 spiro atoms. The summed E-state index contributed by atoms with van der Waals surface area (Å²) in [5, 5.41) is 4.48. The van der Waals surface area contributed by atoms with E-state index >= 15 is 0 Å². The van der Waals surface area contributed by atoms with Gasteiger partial charge in [-0.05, 0) is 11.1 Å². The Hall–Kier alpha value is -3.80. The van der Waals surface area contributed by atoms with Crippen LogP contribution in [0, 0.1) is 0 Å². The lowest BCUT2D eigenvalue weighted by Crippen LogP contribution is -2.36. The number of carbonyl (C=O) groups is 1. The van der Waals surface area contributed by atoms with E-state index < -0.39 is 0 Å². The number of amides is 1. The third kappa shape index (κ3) is 3.37. The molecular formula is C24H20N4O2. The van der Waals surface area contributed by atoms with Crippen molar-refractivity contribution in [1.29, 1.82) is 0 Å². The number of benzene rings is 2. The predicted molar refractivity (Wildman–Crippen MR) is 111 cm³/mol. The topological polar surface area (TPSA) is 72.1 Å². The molecule has 0 saturated carbocycles. The van der Waals surface area contributed by atoms with Gasteiger partial charge >= 0.3 is 0 Å². The molecule has 1 aliphatic heterocycles. The van der Waals surface area contributed by atoms with Crippen LogP contribution in [-0.2, 0) is 13.0 Å². The highest BCUT2D eigenvalue weighted by Gasteiger charge is 2.32. The van der Waals surface area contributed by atoms with E-state index in [4.69, 9.17) is 4.52 Å². The standard InChI is InChI=1S/C24H20N4O2/c29-24(20-15-25-12-13-26-20)28-14-11-21-19(16-28)23(27-30-21)22(17-7-3-1-4-8-17)18-9-5-2-6-10-18/h1-10,12-13,15,22H,11,14,16H2. The van der Waals surface area contributed by atoms with Crippen LogP contribution in [0.3, 0.4) is 0 Å². The van der Waals surface area contributed by atoms with Crippen LogP contribution >= 0.6 is 0 Å². The molecule has 0 saturated heterocycles. The Labute approximate surface area is 174 Å². The summed E-state index contributed by atoms with van der Waals surface area (Å²) >= 11 is 0. The molecule has 0 atom stereocenters. The summed E-state index contributed by atoms with van der Waals surface area (Å²) in [5.74, 6) is 0.661. The number of fused-ring (bicyclic) bond motifs is 1. The largest absolute Gasteiger partial charge is 0.361 e. The van der Waals surface area contributed by atoms with Gasteiger partial charge in [-0.2, -0.15) is 0 Å². The highest BCUT2D eigenvalue weighted by molar-refractivity contribution is 5.92. The van der Waals surface area contributed by atoms with E-state index in [-0.39, 0.29) is 11.8 Å². The molecule has 0 radical (unpaired) electrons. The van der Waals surface area contributed by atoms with E-state index in [9.17, 15) is 4.79 Å². The second kappa shape index (κ2) is 7.91. The Bertz CT molecular complexity index is 1100. The van der Waals surface area contributed by atoms with Crippen molar-refractivity contribution in [1.82, 2.24) is 20.0 Å². The van der Waals surface area contributed by atoms with Crippen LogP contribution in [0.15, 0.2) is 83.8 Å². The zero-order valence-electron chi connectivity index (χ0n) is 16.3. The molecular weight excluding hydrogens is 376 g/mol. The third-order valence-electron chi connectivity index (χ3n) is 5.47. The van der Waals surface area contributed by atoms with Gasteiger partial charge in [-0.1, -0.05) is 65.8 Å². The van der Waals surface area contributed by atoms with E-state index in [1.165, 1.54) is 12.4 Å². The molecule has 0 unspecified atom stereocenters. The molecule has 4 aromatic rings. The van der Waals surface area contributed by atoms with Crippen LogP contribution in [-0.4, -0.2) is 32.5 Å². The minimum absolute atomic E-state index is 0.0635. The molecule has 148 valence electrons. The first-order chi connectivity index (χ1) is 14.8. The van der Waals surface area contributed by atoms with E-state index in [1.807, 2.05) is 36.4 Å². The summed E-state index contributed by atoms with van der Waals surface area (Å²) < 4.78 is 5.73. The Kier molecular flexibility index (Phi) is 4.81. The van der Waals surface area contributed by atoms with E-state index in [0.29, 0.717) is 25.2 Å². The molecule has 6 heteroatoms. The molecule has 2 aromatic heterocycles. The quantitative estimate of drug-likeness (QED) is 0.524. The zero-order valence-corrected chi connectivity index (χ0v) is 16.3. The molecule has 6 nitrogen and oxygen atoms in total.